The Morgan fingerprint density at radius 3 is 2.18 bits per heavy atom. The zero-order valence-corrected chi connectivity index (χ0v) is 33.2. The molecule has 0 unspecified atom stereocenters. The molecule has 2 aromatic carbocycles. The molecule has 3 saturated heterocycles. The number of nitrogens with one attached hydrogen (secondary N) is 3. The van der Waals surface area contributed by atoms with Crippen molar-refractivity contribution in [3.8, 4) is 0 Å². The Bertz CT molecular complexity index is 1860. The Morgan fingerprint density at radius 2 is 1.53 bits per heavy atom. The van der Waals surface area contributed by atoms with E-state index in [1.165, 1.54) is 42.5 Å². The summed E-state index contributed by atoms with van der Waals surface area (Å²) < 4.78 is 34.5. The molecule has 308 valence electrons. The van der Waals surface area contributed by atoms with Crippen molar-refractivity contribution in [1.82, 2.24) is 30.7 Å². The number of carbonyl (C=O) groups is 7. The van der Waals surface area contributed by atoms with Gasteiger partial charge in [0.05, 0.1) is 6.42 Å². The van der Waals surface area contributed by atoms with Crippen molar-refractivity contribution >= 4 is 41.4 Å². The summed E-state index contributed by atoms with van der Waals surface area (Å²) >= 11 is 0. The van der Waals surface area contributed by atoms with Gasteiger partial charge in [0.25, 0.3) is 0 Å². The minimum atomic E-state index is -1.61. The second-order valence-electron chi connectivity index (χ2n) is 15.5. The van der Waals surface area contributed by atoms with Gasteiger partial charge >= 0.3 is 5.97 Å². The number of nitrogens with zero attached hydrogens (tertiary/aromatic N) is 3. The maximum absolute atomic E-state index is 14.5. The van der Waals surface area contributed by atoms with E-state index >= 15 is 0 Å². The summed E-state index contributed by atoms with van der Waals surface area (Å²) in [5, 5.41) is 7.93. The highest BCUT2D eigenvalue weighted by molar-refractivity contribution is 5.97. The fourth-order valence-electron chi connectivity index (χ4n) is 7.69. The molecule has 0 radical (unpaired) electrons. The Morgan fingerprint density at radius 1 is 0.877 bits per heavy atom. The van der Waals surface area contributed by atoms with Crippen LogP contribution in [-0.2, 0) is 57.6 Å². The van der Waals surface area contributed by atoms with Crippen molar-refractivity contribution in [2.45, 2.75) is 115 Å². The quantitative estimate of drug-likeness (QED) is 0.340. The van der Waals surface area contributed by atoms with E-state index in [0.29, 0.717) is 18.1 Å². The lowest BCUT2D eigenvalue weighted by Gasteiger charge is -2.36. The van der Waals surface area contributed by atoms with Crippen LogP contribution in [0.25, 0.3) is 0 Å². The topological polar surface area (TPSA) is 175 Å². The Hall–Kier alpha value is -5.41. The first kappa shape index (κ1) is 42.7. The minimum Gasteiger partial charge on any atom is -0.458 e. The molecule has 2 aromatic rings. The number of hydrogen-bond acceptors (Lipinski definition) is 8. The van der Waals surface area contributed by atoms with Crippen LogP contribution in [0, 0.1) is 17.6 Å². The van der Waals surface area contributed by atoms with Gasteiger partial charge in [0, 0.05) is 32.6 Å². The third kappa shape index (κ3) is 10.1. The van der Waals surface area contributed by atoms with Crippen molar-refractivity contribution in [1.29, 1.82) is 0 Å². The second kappa shape index (κ2) is 18.2. The lowest BCUT2D eigenvalue weighted by Crippen LogP contribution is -2.62. The number of likely N-dealkylation sites (N-methyl/N-ethyl adjacent to an activating group) is 1. The standard InChI is InChI=1S/C41H52F2N6O8/c1-7-26-10-12-27(13-11-26)19-34(50)45-31(18-28-16-29(42)20-30(43)17-28)37(52)46-35-25(5)57-41(56)33-15-22(2)21-49(33)38(53)23(3)44-36(51)24(4)47(6)39(54)32-9-8-14-48(32)40(35)55/h10-13,16-17,20,22-25,31-33,35H,7-9,14-15,18-19,21H2,1-6H3,(H,44,51)(H,45,50)(H,46,52)/t22-,23+,24+,25+,31+,32+,33+,35+/m1/s1. The van der Waals surface area contributed by atoms with E-state index in [1.54, 1.807) is 12.1 Å². The summed E-state index contributed by atoms with van der Waals surface area (Å²) in [6, 6.07) is 2.78. The molecule has 5 rings (SSSR count). The molecule has 0 aromatic heterocycles. The second-order valence-corrected chi connectivity index (χ2v) is 15.5. The number of carbonyl (C=O) groups excluding carboxylic acids is 7. The van der Waals surface area contributed by atoms with E-state index < -0.39 is 95.4 Å². The molecule has 14 nitrogen and oxygen atoms in total. The van der Waals surface area contributed by atoms with Crippen LogP contribution in [0.4, 0.5) is 8.78 Å². The molecular weight excluding hydrogens is 742 g/mol. The minimum absolute atomic E-state index is 0.0461. The van der Waals surface area contributed by atoms with Crippen LogP contribution in [-0.4, -0.2) is 119 Å². The summed E-state index contributed by atoms with van der Waals surface area (Å²) in [4.78, 5) is 101. The van der Waals surface area contributed by atoms with Crippen molar-refractivity contribution < 1.29 is 47.1 Å². The summed E-state index contributed by atoms with van der Waals surface area (Å²) in [5.41, 5.74) is 1.76. The number of ether oxygens (including phenoxy) is 1. The molecule has 0 spiro atoms. The largest absolute Gasteiger partial charge is 0.458 e. The van der Waals surface area contributed by atoms with Crippen LogP contribution in [0.15, 0.2) is 42.5 Å². The van der Waals surface area contributed by atoms with Crippen LogP contribution < -0.4 is 16.0 Å². The number of rotatable bonds is 8. The number of hydrogen-bond donors (Lipinski definition) is 3. The molecule has 3 fully saturated rings. The molecule has 3 N–H and O–H groups in total. The molecule has 57 heavy (non-hydrogen) atoms. The van der Waals surface area contributed by atoms with Gasteiger partial charge < -0.3 is 35.4 Å². The molecule has 3 aliphatic rings. The first-order chi connectivity index (χ1) is 27.0. The normalized spacial score (nSPS) is 26.7. The molecule has 0 aliphatic carbocycles. The highest BCUT2D eigenvalue weighted by Gasteiger charge is 2.46. The summed E-state index contributed by atoms with van der Waals surface area (Å²) in [6.45, 7) is 8.53. The third-order valence-electron chi connectivity index (χ3n) is 11.1. The first-order valence-electron chi connectivity index (χ1n) is 19.5. The number of esters is 1. The van der Waals surface area contributed by atoms with Crippen LogP contribution in [0.2, 0.25) is 0 Å². The monoisotopic (exact) mass is 794 g/mol. The number of cyclic esters (lactones) is 1. The van der Waals surface area contributed by atoms with Gasteiger partial charge in [-0.3, -0.25) is 28.8 Å². The van der Waals surface area contributed by atoms with Gasteiger partial charge in [-0.05, 0) is 81.2 Å². The van der Waals surface area contributed by atoms with Crippen LogP contribution in [0.1, 0.15) is 70.6 Å². The summed E-state index contributed by atoms with van der Waals surface area (Å²) in [7, 11) is 1.42. The van der Waals surface area contributed by atoms with E-state index in [4.69, 9.17) is 4.74 Å². The van der Waals surface area contributed by atoms with Crippen LogP contribution in [0.3, 0.4) is 0 Å². The Labute approximate surface area is 331 Å². The maximum atomic E-state index is 14.5. The molecule has 6 amide bonds. The number of fused-ring (bicyclic) bond motifs is 2. The highest BCUT2D eigenvalue weighted by atomic mass is 19.1. The molecular formula is C41H52F2N6O8. The van der Waals surface area contributed by atoms with E-state index in [-0.39, 0.29) is 50.3 Å². The third-order valence-corrected chi connectivity index (χ3v) is 11.1. The lowest BCUT2D eigenvalue weighted by atomic mass is 10.0. The average molecular weight is 795 g/mol. The predicted octanol–water partition coefficient (Wildman–Crippen LogP) is 1.81. The van der Waals surface area contributed by atoms with Crippen molar-refractivity contribution in [3.05, 3.63) is 70.8 Å². The Balaban J connectivity index is 1.49. The lowest BCUT2D eigenvalue weighted by molar-refractivity contribution is -0.162. The maximum Gasteiger partial charge on any atom is 0.329 e. The van der Waals surface area contributed by atoms with Gasteiger partial charge in [0.2, 0.25) is 35.4 Å². The first-order valence-corrected chi connectivity index (χ1v) is 19.5. The predicted molar refractivity (Wildman–Crippen MR) is 203 cm³/mol. The van der Waals surface area contributed by atoms with Gasteiger partial charge in [0.1, 0.15) is 54.0 Å². The fraction of sp³-hybridized carbons (Fsp3) is 0.537. The van der Waals surface area contributed by atoms with Crippen LogP contribution >= 0.6 is 0 Å². The fourth-order valence-corrected chi connectivity index (χ4v) is 7.69. The van der Waals surface area contributed by atoms with Gasteiger partial charge in [-0.25, -0.2) is 13.6 Å². The number of halogens is 2. The zero-order chi connectivity index (χ0) is 41.7. The molecule has 8 atom stereocenters. The van der Waals surface area contributed by atoms with Gasteiger partial charge in [-0.2, -0.15) is 0 Å². The number of benzene rings is 2. The zero-order valence-electron chi connectivity index (χ0n) is 33.2. The van der Waals surface area contributed by atoms with Gasteiger partial charge in [0.15, 0.2) is 0 Å². The van der Waals surface area contributed by atoms with Crippen LogP contribution in [0.5, 0.6) is 0 Å². The average Bonchev–Trinajstić information content (AvgIpc) is 3.82. The van der Waals surface area contributed by atoms with E-state index in [2.05, 4.69) is 16.0 Å². The molecule has 3 aliphatic heterocycles. The molecule has 0 saturated carbocycles. The van der Waals surface area contributed by atoms with E-state index in [9.17, 15) is 42.3 Å². The van der Waals surface area contributed by atoms with Crippen molar-refractivity contribution in [2.24, 2.45) is 5.92 Å². The molecule has 0 bridgehead atoms. The van der Waals surface area contributed by atoms with Crippen molar-refractivity contribution in [3.63, 3.8) is 0 Å². The summed E-state index contributed by atoms with van der Waals surface area (Å²) in [6.07, 6.45) is -0.178. The molecule has 16 heteroatoms. The smallest absolute Gasteiger partial charge is 0.329 e. The van der Waals surface area contributed by atoms with Gasteiger partial charge in [-0.1, -0.05) is 38.1 Å². The number of aryl methyl sites for hydroxylation is 1. The number of amides is 6. The summed E-state index contributed by atoms with van der Waals surface area (Å²) in [5.74, 6) is -6.72. The SMILES string of the molecule is CCc1ccc(CC(=O)N[C@@H](Cc2cc(F)cc(F)c2)C(=O)N[C@@H]2C(=O)N3CCC[C@H]3C(=O)N(C)[C@@H](C)C(=O)N[C@@H](C)C(=O)N3C[C@H](C)C[C@H]3C(=O)O[C@H]2C)cc1. The van der Waals surface area contributed by atoms with Gasteiger partial charge in [-0.15, -0.1) is 0 Å². The Kier molecular flexibility index (Phi) is 13.7. The van der Waals surface area contributed by atoms with E-state index in [0.717, 1.165) is 24.1 Å². The highest BCUT2D eigenvalue weighted by Crippen LogP contribution is 2.27. The molecule has 3 heterocycles. The van der Waals surface area contributed by atoms with E-state index in [1.807, 2.05) is 26.0 Å². The van der Waals surface area contributed by atoms with Crippen molar-refractivity contribution in [2.75, 3.05) is 20.1 Å².